The Hall–Kier alpha value is -1.93. The Balaban J connectivity index is 2.06. The Labute approximate surface area is 117 Å². The summed E-state index contributed by atoms with van der Waals surface area (Å²) < 4.78 is 18.1. The molecule has 0 spiro atoms. The van der Waals surface area contributed by atoms with E-state index in [0.29, 0.717) is 26.1 Å². The van der Waals surface area contributed by atoms with Crippen molar-refractivity contribution in [2.24, 2.45) is 5.41 Å². The molecule has 1 unspecified atom stereocenters. The second kappa shape index (κ2) is 6.02. The summed E-state index contributed by atoms with van der Waals surface area (Å²) in [7, 11) is 0. The van der Waals surface area contributed by atoms with Gasteiger partial charge < -0.3 is 10.1 Å². The molecule has 1 aromatic carbocycles. The van der Waals surface area contributed by atoms with Gasteiger partial charge in [0.15, 0.2) is 0 Å². The van der Waals surface area contributed by atoms with Crippen molar-refractivity contribution in [1.29, 1.82) is 5.26 Å². The SMILES string of the molecule is CC(NC(=O)C1(C#N)CCOCC1)c1ccc(F)cc1. The molecular formula is C15H17FN2O2. The first-order valence-electron chi connectivity index (χ1n) is 6.63. The van der Waals surface area contributed by atoms with Crippen molar-refractivity contribution in [3.05, 3.63) is 35.6 Å². The first-order chi connectivity index (χ1) is 9.57. The van der Waals surface area contributed by atoms with Crippen LogP contribution in [0.2, 0.25) is 0 Å². The number of nitriles is 1. The van der Waals surface area contributed by atoms with Gasteiger partial charge in [-0.15, -0.1) is 0 Å². The van der Waals surface area contributed by atoms with Crippen LogP contribution in [0.5, 0.6) is 0 Å². The number of benzene rings is 1. The van der Waals surface area contributed by atoms with Gasteiger partial charge in [-0.05, 0) is 37.5 Å². The lowest BCUT2D eigenvalue weighted by Gasteiger charge is -2.30. The predicted octanol–water partition coefficient (Wildman–Crippen LogP) is 2.32. The molecule has 1 aromatic rings. The van der Waals surface area contributed by atoms with E-state index >= 15 is 0 Å². The van der Waals surface area contributed by atoms with Crippen molar-refractivity contribution in [2.75, 3.05) is 13.2 Å². The third-order valence-electron chi connectivity index (χ3n) is 3.71. The normalized spacial score (nSPS) is 18.9. The van der Waals surface area contributed by atoms with Crippen LogP contribution in [0.25, 0.3) is 0 Å². The molecule has 1 fully saturated rings. The minimum absolute atomic E-state index is 0.267. The van der Waals surface area contributed by atoms with Crippen LogP contribution in [0.3, 0.4) is 0 Å². The van der Waals surface area contributed by atoms with Gasteiger partial charge in [0, 0.05) is 13.2 Å². The molecule has 4 nitrogen and oxygen atoms in total. The lowest BCUT2D eigenvalue weighted by molar-refractivity contribution is -0.133. The van der Waals surface area contributed by atoms with Crippen LogP contribution in [0, 0.1) is 22.6 Å². The fourth-order valence-electron chi connectivity index (χ4n) is 2.28. The molecule has 0 saturated carbocycles. The molecule has 106 valence electrons. The zero-order chi connectivity index (χ0) is 14.6. The summed E-state index contributed by atoms with van der Waals surface area (Å²) >= 11 is 0. The zero-order valence-corrected chi connectivity index (χ0v) is 11.4. The van der Waals surface area contributed by atoms with E-state index < -0.39 is 5.41 Å². The van der Waals surface area contributed by atoms with Gasteiger partial charge in [0.05, 0.1) is 12.1 Å². The molecule has 0 radical (unpaired) electrons. The minimum Gasteiger partial charge on any atom is -0.381 e. The second-order valence-electron chi connectivity index (χ2n) is 5.05. The third-order valence-corrected chi connectivity index (χ3v) is 3.71. The van der Waals surface area contributed by atoms with Gasteiger partial charge in [0.25, 0.3) is 0 Å². The number of amides is 1. The molecule has 1 aliphatic rings. The average Bonchev–Trinajstić information content (AvgIpc) is 2.48. The van der Waals surface area contributed by atoms with Crippen LogP contribution >= 0.6 is 0 Å². The first kappa shape index (κ1) is 14.5. The van der Waals surface area contributed by atoms with Gasteiger partial charge in [-0.1, -0.05) is 12.1 Å². The lowest BCUT2D eigenvalue weighted by Crippen LogP contribution is -2.44. The zero-order valence-electron chi connectivity index (χ0n) is 11.4. The molecule has 0 bridgehead atoms. The highest BCUT2D eigenvalue weighted by molar-refractivity contribution is 5.85. The topological polar surface area (TPSA) is 62.1 Å². The predicted molar refractivity (Wildman–Crippen MR) is 71.1 cm³/mol. The standard InChI is InChI=1S/C15H17FN2O2/c1-11(12-2-4-13(16)5-3-12)18-14(19)15(10-17)6-8-20-9-7-15/h2-5,11H,6-9H2,1H3,(H,18,19). The molecule has 0 aliphatic carbocycles. The Morgan fingerprint density at radius 1 is 1.40 bits per heavy atom. The highest BCUT2D eigenvalue weighted by atomic mass is 19.1. The number of nitrogens with one attached hydrogen (secondary N) is 1. The van der Waals surface area contributed by atoms with Crippen LogP contribution in [-0.4, -0.2) is 19.1 Å². The van der Waals surface area contributed by atoms with E-state index in [-0.39, 0.29) is 17.8 Å². The van der Waals surface area contributed by atoms with E-state index in [1.807, 2.05) is 6.92 Å². The Morgan fingerprint density at radius 2 is 2.00 bits per heavy atom. The van der Waals surface area contributed by atoms with Crippen molar-refractivity contribution in [1.82, 2.24) is 5.32 Å². The van der Waals surface area contributed by atoms with E-state index in [2.05, 4.69) is 11.4 Å². The maximum Gasteiger partial charge on any atom is 0.241 e. The van der Waals surface area contributed by atoms with E-state index in [1.165, 1.54) is 12.1 Å². The van der Waals surface area contributed by atoms with Crippen LogP contribution < -0.4 is 5.32 Å². The molecule has 1 amide bonds. The van der Waals surface area contributed by atoms with Crippen LogP contribution in [0.4, 0.5) is 4.39 Å². The number of halogens is 1. The fraction of sp³-hybridized carbons (Fsp3) is 0.467. The smallest absolute Gasteiger partial charge is 0.241 e. The van der Waals surface area contributed by atoms with Gasteiger partial charge in [-0.3, -0.25) is 4.79 Å². The highest BCUT2D eigenvalue weighted by Crippen LogP contribution is 2.30. The molecule has 1 aliphatic heterocycles. The third kappa shape index (κ3) is 2.97. The van der Waals surface area contributed by atoms with Crippen LogP contribution in [0.15, 0.2) is 24.3 Å². The summed E-state index contributed by atoms with van der Waals surface area (Å²) in [5.41, 5.74) is -0.202. The Bertz CT molecular complexity index is 516. The number of carbonyl (C=O) groups is 1. The van der Waals surface area contributed by atoms with E-state index in [4.69, 9.17) is 4.74 Å². The molecule has 1 heterocycles. The number of carbonyl (C=O) groups excluding carboxylic acids is 1. The summed E-state index contributed by atoms with van der Waals surface area (Å²) in [4.78, 5) is 12.3. The number of ether oxygens (including phenoxy) is 1. The van der Waals surface area contributed by atoms with Gasteiger partial charge in [-0.2, -0.15) is 5.26 Å². The van der Waals surface area contributed by atoms with Gasteiger partial charge >= 0.3 is 0 Å². The largest absolute Gasteiger partial charge is 0.381 e. The fourth-order valence-corrected chi connectivity index (χ4v) is 2.28. The first-order valence-corrected chi connectivity index (χ1v) is 6.63. The number of nitrogens with zero attached hydrogens (tertiary/aromatic N) is 1. The van der Waals surface area contributed by atoms with Crippen molar-refractivity contribution in [3.63, 3.8) is 0 Å². The maximum atomic E-state index is 12.9. The van der Waals surface area contributed by atoms with Crippen LogP contribution in [0.1, 0.15) is 31.4 Å². The lowest BCUT2D eigenvalue weighted by atomic mass is 9.80. The molecular weight excluding hydrogens is 259 g/mol. The van der Waals surface area contributed by atoms with Crippen molar-refractivity contribution in [2.45, 2.75) is 25.8 Å². The summed E-state index contributed by atoms with van der Waals surface area (Å²) in [5, 5.41) is 12.2. The van der Waals surface area contributed by atoms with E-state index in [0.717, 1.165) is 5.56 Å². The Kier molecular flexibility index (Phi) is 4.35. The minimum atomic E-state index is -1.01. The molecule has 2 rings (SSSR count). The quantitative estimate of drug-likeness (QED) is 0.921. The highest BCUT2D eigenvalue weighted by Gasteiger charge is 2.40. The van der Waals surface area contributed by atoms with E-state index in [1.54, 1.807) is 12.1 Å². The molecule has 0 aromatic heterocycles. The van der Waals surface area contributed by atoms with Crippen molar-refractivity contribution < 1.29 is 13.9 Å². The number of hydrogen-bond acceptors (Lipinski definition) is 3. The Morgan fingerprint density at radius 3 is 2.55 bits per heavy atom. The summed E-state index contributed by atoms with van der Waals surface area (Å²) in [6, 6.07) is 7.83. The average molecular weight is 276 g/mol. The monoisotopic (exact) mass is 276 g/mol. The summed E-state index contributed by atoms with van der Waals surface area (Å²) in [5.74, 6) is -0.592. The molecule has 20 heavy (non-hydrogen) atoms. The van der Waals surface area contributed by atoms with Crippen molar-refractivity contribution >= 4 is 5.91 Å². The molecule has 5 heteroatoms. The summed E-state index contributed by atoms with van der Waals surface area (Å²) in [6.07, 6.45) is 0.816. The maximum absolute atomic E-state index is 12.9. The molecule has 1 saturated heterocycles. The second-order valence-corrected chi connectivity index (χ2v) is 5.05. The summed E-state index contributed by atoms with van der Waals surface area (Å²) in [6.45, 7) is 2.66. The van der Waals surface area contributed by atoms with Gasteiger partial charge in [-0.25, -0.2) is 4.39 Å². The van der Waals surface area contributed by atoms with Crippen molar-refractivity contribution in [3.8, 4) is 6.07 Å². The van der Waals surface area contributed by atoms with E-state index in [9.17, 15) is 14.4 Å². The number of rotatable bonds is 3. The van der Waals surface area contributed by atoms with Gasteiger partial charge in [0.2, 0.25) is 5.91 Å². The molecule has 1 atom stereocenters. The molecule has 1 N–H and O–H groups in total. The van der Waals surface area contributed by atoms with Gasteiger partial charge in [0.1, 0.15) is 11.2 Å². The number of hydrogen-bond donors (Lipinski definition) is 1. The van der Waals surface area contributed by atoms with Crippen LogP contribution in [-0.2, 0) is 9.53 Å².